The van der Waals surface area contributed by atoms with Crippen molar-refractivity contribution in [3.8, 4) is 0 Å². The number of nitrogens with zero attached hydrogens (tertiary/aromatic N) is 3. The number of aromatic nitrogens is 2. The lowest BCUT2D eigenvalue weighted by atomic mass is 10.2. The fourth-order valence-electron chi connectivity index (χ4n) is 3.31. The molecule has 1 atom stereocenters. The Morgan fingerprint density at radius 1 is 1.21 bits per heavy atom. The van der Waals surface area contributed by atoms with E-state index in [4.69, 9.17) is 4.42 Å². The molecule has 2 aromatic heterocycles. The van der Waals surface area contributed by atoms with Gasteiger partial charge in [0.1, 0.15) is 17.9 Å². The summed E-state index contributed by atoms with van der Waals surface area (Å²) in [5.41, 5.74) is 0.937. The van der Waals surface area contributed by atoms with E-state index in [0.29, 0.717) is 0 Å². The van der Waals surface area contributed by atoms with Crippen molar-refractivity contribution in [2.45, 2.75) is 18.9 Å². The van der Waals surface area contributed by atoms with Crippen LogP contribution in [-0.4, -0.2) is 34.5 Å². The minimum Gasteiger partial charge on any atom is -0.468 e. The maximum atomic E-state index is 5.68. The lowest BCUT2D eigenvalue weighted by Gasteiger charge is -2.26. The van der Waals surface area contributed by atoms with Gasteiger partial charge >= 0.3 is 0 Å². The van der Waals surface area contributed by atoms with Crippen LogP contribution >= 0.6 is 15.9 Å². The highest BCUT2D eigenvalue weighted by Crippen LogP contribution is 2.28. The van der Waals surface area contributed by atoms with Crippen LogP contribution in [0.25, 0.3) is 10.9 Å². The molecular formula is C18H19BrN4O. The van der Waals surface area contributed by atoms with E-state index in [1.165, 1.54) is 12.8 Å². The Morgan fingerprint density at radius 2 is 2.08 bits per heavy atom. The monoisotopic (exact) mass is 386 g/mol. The molecule has 1 saturated heterocycles. The third-order valence-corrected chi connectivity index (χ3v) is 5.01. The molecule has 0 radical (unpaired) electrons. The summed E-state index contributed by atoms with van der Waals surface area (Å²) < 4.78 is 6.70. The summed E-state index contributed by atoms with van der Waals surface area (Å²) in [5.74, 6) is 1.86. The van der Waals surface area contributed by atoms with Crippen LogP contribution in [0.5, 0.6) is 0 Å². The van der Waals surface area contributed by atoms with Gasteiger partial charge in [-0.15, -0.1) is 0 Å². The Bertz CT molecular complexity index is 815. The zero-order valence-electron chi connectivity index (χ0n) is 13.3. The molecule has 3 aromatic rings. The van der Waals surface area contributed by atoms with Crippen LogP contribution in [0.15, 0.2) is 51.8 Å². The van der Waals surface area contributed by atoms with Crippen LogP contribution in [-0.2, 0) is 0 Å². The van der Waals surface area contributed by atoms with Crippen LogP contribution in [0.4, 0.5) is 5.82 Å². The minimum absolute atomic E-state index is 0.222. The van der Waals surface area contributed by atoms with E-state index in [1.807, 2.05) is 18.2 Å². The first-order valence-corrected chi connectivity index (χ1v) is 9.02. The molecule has 4 rings (SSSR count). The van der Waals surface area contributed by atoms with Crippen molar-refractivity contribution in [1.29, 1.82) is 0 Å². The molecule has 1 aliphatic heterocycles. The molecule has 0 spiro atoms. The van der Waals surface area contributed by atoms with Gasteiger partial charge in [0, 0.05) is 16.4 Å². The molecule has 24 heavy (non-hydrogen) atoms. The molecule has 0 bridgehead atoms. The van der Waals surface area contributed by atoms with Gasteiger partial charge in [-0.1, -0.05) is 15.9 Å². The van der Waals surface area contributed by atoms with Gasteiger partial charge in [0.25, 0.3) is 0 Å². The first-order valence-electron chi connectivity index (χ1n) is 8.23. The van der Waals surface area contributed by atoms with E-state index in [0.717, 1.165) is 46.6 Å². The van der Waals surface area contributed by atoms with Crippen LogP contribution in [0, 0.1) is 0 Å². The fraction of sp³-hybridized carbons (Fsp3) is 0.333. The second-order valence-electron chi connectivity index (χ2n) is 6.04. The van der Waals surface area contributed by atoms with Crippen molar-refractivity contribution in [3.63, 3.8) is 0 Å². The average molecular weight is 387 g/mol. The molecule has 0 amide bonds. The summed E-state index contributed by atoms with van der Waals surface area (Å²) in [6.07, 6.45) is 5.85. The van der Waals surface area contributed by atoms with Crippen LogP contribution in [0.3, 0.4) is 0 Å². The number of furan rings is 1. The zero-order valence-corrected chi connectivity index (χ0v) is 14.9. The van der Waals surface area contributed by atoms with Gasteiger partial charge in [0.2, 0.25) is 0 Å². The summed E-state index contributed by atoms with van der Waals surface area (Å²) in [7, 11) is 0. The Hall–Kier alpha value is -1.92. The number of likely N-dealkylation sites (tertiary alicyclic amines) is 1. The van der Waals surface area contributed by atoms with Gasteiger partial charge in [-0.2, -0.15) is 0 Å². The van der Waals surface area contributed by atoms with E-state index in [9.17, 15) is 0 Å². The largest absolute Gasteiger partial charge is 0.468 e. The number of rotatable bonds is 5. The van der Waals surface area contributed by atoms with E-state index < -0.39 is 0 Å². The van der Waals surface area contributed by atoms with Crippen molar-refractivity contribution in [3.05, 3.63) is 53.2 Å². The number of fused-ring (bicyclic) bond motifs is 1. The molecule has 1 aliphatic rings. The number of hydrogen-bond donors (Lipinski definition) is 1. The van der Waals surface area contributed by atoms with Crippen LogP contribution in [0.2, 0.25) is 0 Å². The second kappa shape index (κ2) is 6.91. The molecule has 1 aromatic carbocycles. The van der Waals surface area contributed by atoms with E-state index in [1.54, 1.807) is 12.6 Å². The Balaban J connectivity index is 1.59. The molecule has 0 saturated carbocycles. The summed E-state index contributed by atoms with van der Waals surface area (Å²) in [6.45, 7) is 2.98. The van der Waals surface area contributed by atoms with Gasteiger partial charge in [0.15, 0.2) is 0 Å². The maximum absolute atomic E-state index is 5.68. The Labute approximate surface area is 149 Å². The lowest BCUT2D eigenvalue weighted by Crippen LogP contribution is -2.30. The van der Waals surface area contributed by atoms with Crippen molar-refractivity contribution < 1.29 is 4.42 Å². The molecule has 5 nitrogen and oxygen atoms in total. The van der Waals surface area contributed by atoms with E-state index in [2.05, 4.69) is 48.2 Å². The number of anilines is 1. The van der Waals surface area contributed by atoms with Crippen LogP contribution in [0.1, 0.15) is 24.6 Å². The smallest absolute Gasteiger partial charge is 0.137 e. The molecule has 1 unspecified atom stereocenters. The Kier molecular flexibility index (Phi) is 4.49. The van der Waals surface area contributed by atoms with Gasteiger partial charge in [-0.25, -0.2) is 9.97 Å². The molecule has 124 valence electrons. The van der Waals surface area contributed by atoms with E-state index >= 15 is 0 Å². The summed E-state index contributed by atoms with van der Waals surface area (Å²) in [5, 5.41) is 4.53. The normalized spacial score (nSPS) is 16.5. The summed E-state index contributed by atoms with van der Waals surface area (Å²) in [4.78, 5) is 11.2. The standard InChI is InChI=1S/C18H19BrN4O/c19-13-5-6-15-14(10-13)18(22-12-21-15)20-11-16(17-4-3-9-24-17)23-7-1-2-8-23/h3-6,9-10,12,16H,1-2,7-8,11H2,(H,20,21,22). The predicted molar refractivity (Wildman–Crippen MR) is 98.0 cm³/mol. The number of benzene rings is 1. The lowest BCUT2D eigenvalue weighted by molar-refractivity contribution is 0.225. The van der Waals surface area contributed by atoms with Crippen molar-refractivity contribution in [2.24, 2.45) is 0 Å². The fourth-order valence-corrected chi connectivity index (χ4v) is 3.67. The van der Waals surface area contributed by atoms with Crippen molar-refractivity contribution in [1.82, 2.24) is 14.9 Å². The number of halogens is 1. The zero-order chi connectivity index (χ0) is 16.4. The van der Waals surface area contributed by atoms with Crippen molar-refractivity contribution >= 4 is 32.7 Å². The number of hydrogen-bond acceptors (Lipinski definition) is 5. The second-order valence-corrected chi connectivity index (χ2v) is 6.95. The summed E-state index contributed by atoms with van der Waals surface area (Å²) in [6, 6.07) is 10.3. The van der Waals surface area contributed by atoms with Crippen molar-refractivity contribution in [2.75, 3.05) is 25.0 Å². The van der Waals surface area contributed by atoms with Gasteiger partial charge in [-0.05, 0) is 56.3 Å². The molecule has 3 heterocycles. The highest BCUT2D eigenvalue weighted by molar-refractivity contribution is 9.10. The highest BCUT2D eigenvalue weighted by atomic mass is 79.9. The van der Waals surface area contributed by atoms with Gasteiger partial charge in [-0.3, -0.25) is 4.90 Å². The Morgan fingerprint density at radius 3 is 2.88 bits per heavy atom. The topological polar surface area (TPSA) is 54.2 Å². The van der Waals surface area contributed by atoms with E-state index in [-0.39, 0.29) is 6.04 Å². The molecule has 1 fully saturated rings. The number of nitrogens with one attached hydrogen (secondary N) is 1. The first kappa shape index (κ1) is 15.6. The third kappa shape index (κ3) is 3.16. The van der Waals surface area contributed by atoms with Crippen LogP contribution < -0.4 is 5.32 Å². The SMILES string of the molecule is Brc1ccc2ncnc(NCC(c3ccco3)N3CCCC3)c2c1. The van der Waals surface area contributed by atoms with Gasteiger partial charge in [0.05, 0.1) is 17.8 Å². The first-order chi connectivity index (χ1) is 11.8. The molecule has 6 heteroatoms. The molecular weight excluding hydrogens is 368 g/mol. The minimum atomic E-state index is 0.222. The predicted octanol–water partition coefficient (Wildman–Crippen LogP) is 4.23. The average Bonchev–Trinajstić information content (AvgIpc) is 3.29. The molecule has 0 aliphatic carbocycles. The molecule has 1 N–H and O–H groups in total. The third-order valence-electron chi connectivity index (χ3n) is 4.51. The van der Waals surface area contributed by atoms with Gasteiger partial charge < -0.3 is 9.73 Å². The maximum Gasteiger partial charge on any atom is 0.137 e. The highest BCUT2D eigenvalue weighted by Gasteiger charge is 2.25. The summed E-state index contributed by atoms with van der Waals surface area (Å²) >= 11 is 3.53. The quantitative estimate of drug-likeness (QED) is 0.710.